The summed E-state index contributed by atoms with van der Waals surface area (Å²) in [5.74, 6) is 1.30. The second-order valence-corrected chi connectivity index (χ2v) is 17.3. The third-order valence-electron chi connectivity index (χ3n) is 10.5. The quantitative estimate of drug-likeness (QED) is 0.0993. The summed E-state index contributed by atoms with van der Waals surface area (Å²) in [5.41, 5.74) is 8.73. The molecule has 325 valence electrons. The Balaban J connectivity index is 0.000000264. The number of fused-ring (bicyclic) bond motifs is 4. The van der Waals surface area contributed by atoms with Gasteiger partial charge in [0.1, 0.15) is 23.0 Å². The molecule has 0 saturated heterocycles. The molecule has 0 bridgehead atoms. The molecule has 4 aliphatic heterocycles. The monoisotopic (exact) mass is 854 g/mol. The SMILES string of the molecule is CC1(C)OCc2cccc(C=NCCN=Cc3cccc4c3OC(C)(C)OC4)c2O1.CC1(C)OCc2cccc(CCCCNCc3cccc4c3OC(C)(C)OC4)c2O1.[B].[H-].[Na+]. The molecule has 1 N–H and O–H groups in total. The first-order valence-electron chi connectivity index (χ1n) is 21.1. The van der Waals surface area contributed by atoms with Crippen LogP contribution in [0.2, 0.25) is 0 Å². The maximum atomic E-state index is 6.09. The molecule has 0 fully saturated rings. The Hall–Kier alpha value is -3.72. The van der Waals surface area contributed by atoms with E-state index in [-0.39, 0.29) is 39.4 Å². The molecule has 0 unspecified atom stereocenters. The van der Waals surface area contributed by atoms with Crippen molar-refractivity contribution in [1.29, 1.82) is 0 Å². The summed E-state index contributed by atoms with van der Waals surface area (Å²) in [5, 5.41) is 3.57. The first-order valence-corrected chi connectivity index (χ1v) is 21.1. The summed E-state index contributed by atoms with van der Waals surface area (Å²) < 4.78 is 47.0. The van der Waals surface area contributed by atoms with Gasteiger partial charge < -0.3 is 44.6 Å². The fourth-order valence-electron chi connectivity index (χ4n) is 7.33. The Labute approximate surface area is 393 Å². The van der Waals surface area contributed by atoms with E-state index in [1.54, 1.807) is 0 Å². The molecule has 4 aliphatic rings. The minimum atomic E-state index is -0.627. The normalized spacial score (nSPS) is 18.3. The van der Waals surface area contributed by atoms with Crippen LogP contribution >= 0.6 is 0 Å². The topological polar surface area (TPSA) is 111 Å². The molecule has 4 aromatic carbocycles. The zero-order valence-corrected chi connectivity index (χ0v) is 40.1. The second kappa shape index (κ2) is 21.3. The van der Waals surface area contributed by atoms with E-state index in [4.69, 9.17) is 37.9 Å². The predicted octanol–water partition coefficient (Wildman–Crippen LogP) is 6.34. The Kier molecular flexibility index (Phi) is 16.9. The first-order chi connectivity index (χ1) is 28.7. The van der Waals surface area contributed by atoms with Crippen molar-refractivity contribution in [3.63, 3.8) is 0 Å². The van der Waals surface area contributed by atoms with Crippen LogP contribution < -0.4 is 53.8 Å². The minimum absolute atomic E-state index is 0. The molecule has 0 saturated carbocycles. The smallest absolute Gasteiger partial charge is 1.00 e. The van der Waals surface area contributed by atoms with Crippen molar-refractivity contribution in [3.05, 3.63) is 117 Å². The Morgan fingerprint density at radius 1 is 0.516 bits per heavy atom. The van der Waals surface area contributed by atoms with Gasteiger partial charge in [0.2, 0.25) is 23.1 Å². The van der Waals surface area contributed by atoms with E-state index in [9.17, 15) is 0 Å². The largest absolute Gasteiger partial charge is 1.00 e. The van der Waals surface area contributed by atoms with Crippen molar-refractivity contribution in [1.82, 2.24) is 5.32 Å². The molecular formula is C49H62BN3NaO8. The number of unbranched alkanes of at least 4 members (excludes halogenated alkanes) is 1. The fourth-order valence-corrected chi connectivity index (χ4v) is 7.33. The maximum Gasteiger partial charge on any atom is 1.00 e. The first kappa shape index (κ1) is 49.3. The molecule has 0 aliphatic carbocycles. The van der Waals surface area contributed by atoms with E-state index in [2.05, 4.69) is 51.7 Å². The minimum Gasteiger partial charge on any atom is -1.00 e. The van der Waals surface area contributed by atoms with Gasteiger partial charge in [-0.3, -0.25) is 9.98 Å². The number of rotatable bonds is 12. The van der Waals surface area contributed by atoms with Crippen molar-refractivity contribution in [2.75, 3.05) is 19.6 Å². The number of hydrogen-bond acceptors (Lipinski definition) is 11. The standard InChI is InChI=1S/C25H33NO4.C24H28N2O4.B.Na.H/c1-24(2)27-16-20-12-7-10-18(22(20)29-24)9-5-6-14-26-15-19-11-8-13-21-17-28-25(3,4)30-23(19)21;1-23(2)27-15-19-9-5-7-17(21(19)29-23)13-25-11-12-26-14-18-8-6-10-20-16-28-24(3,4)30-22(18)20;;;/h7-8,10-13,26H,5-6,9,14-17H2,1-4H3;5-10,13-14H,11-12,15-16H2,1-4H3;;;/q;;;+1;-1. The van der Waals surface area contributed by atoms with Gasteiger partial charge in [-0.05, 0) is 43.5 Å². The van der Waals surface area contributed by atoms with Crippen LogP contribution in [0.25, 0.3) is 0 Å². The van der Waals surface area contributed by atoms with Gasteiger partial charge in [-0.2, -0.15) is 0 Å². The summed E-state index contributed by atoms with van der Waals surface area (Å²) in [4.78, 5) is 9.06. The molecule has 0 amide bonds. The molecule has 4 aromatic rings. The van der Waals surface area contributed by atoms with Crippen molar-refractivity contribution in [2.24, 2.45) is 9.98 Å². The molecule has 0 spiro atoms. The van der Waals surface area contributed by atoms with E-state index in [1.807, 2.05) is 104 Å². The fraction of sp³-hybridized carbons (Fsp3) is 0.469. The number of nitrogens with zero attached hydrogens (tertiary/aromatic N) is 2. The van der Waals surface area contributed by atoms with E-state index < -0.39 is 23.1 Å². The zero-order valence-electron chi connectivity index (χ0n) is 39.1. The molecular weight excluding hydrogens is 792 g/mol. The predicted molar refractivity (Wildman–Crippen MR) is 240 cm³/mol. The summed E-state index contributed by atoms with van der Waals surface area (Å²) in [6.07, 6.45) is 6.93. The van der Waals surface area contributed by atoms with E-state index >= 15 is 0 Å². The van der Waals surface area contributed by atoms with Crippen LogP contribution in [-0.4, -0.2) is 63.6 Å². The molecule has 4 heterocycles. The van der Waals surface area contributed by atoms with E-state index in [1.165, 1.54) is 11.1 Å². The summed E-state index contributed by atoms with van der Waals surface area (Å²) in [6.45, 7) is 20.7. The average Bonchev–Trinajstić information content (AvgIpc) is 3.20. The molecule has 0 atom stereocenters. The van der Waals surface area contributed by atoms with Gasteiger partial charge in [0, 0.05) is 122 Å². The van der Waals surface area contributed by atoms with Gasteiger partial charge in [-0.25, -0.2) is 0 Å². The zero-order chi connectivity index (χ0) is 42.4. The van der Waals surface area contributed by atoms with Crippen LogP contribution in [0.5, 0.6) is 23.0 Å². The van der Waals surface area contributed by atoms with Crippen molar-refractivity contribution in [3.8, 4) is 23.0 Å². The van der Waals surface area contributed by atoms with Gasteiger partial charge >= 0.3 is 29.6 Å². The van der Waals surface area contributed by atoms with Crippen molar-refractivity contribution < 1.29 is 68.9 Å². The van der Waals surface area contributed by atoms with Crippen LogP contribution in [0.1, 0.15) is 114 Å². The van der Waals surface area contributed by atoms with Gasteiger partial charge in [0.25, 0.3) is 0 Å². The van der Waals surface area contributed by atoms with Gasteiger partial charge in [-0.1, -0.05) is 60.7 Å². The number of benzene rings is 4. The number of aliphatic imine (C=N–C) groups is 2. The van der Waals surface area contributed by atoms with Gasteiger partial charge in [0.05, 0.1) is 39.5 Å². The maximum absolute atomic E-state index is 6.09. The third-order valence-corrected chi connectivity index (χ3v) is 10.5. The molecule has 62 heavy (non-hydrogen) atoms. The van der Waals surface area contributed by atoms with Gasteiger partial charge in [0.15, 0.2) is 0 Å². The number of nitrogens with one attached hydrogen (secondary N) is 1. The van der Waals surface area contributed by atoms with E-state index in [0.717, 1.165) is 88.7 Å². The van der Waals surface area contributed by atoms with Crippen LogP contribution in [-0.2, 0) is 58.3 Å². The second-order valence-electron chi connectivity index (χ2n) is 17.3. The molecule has 3 radical (unpaired) electrons. The van der Waals surface area contributed by atoms with Crippen LogP contribution in [0, 0.1) is 0 Å². The summed E-state index contributed by atoms with van der Waals surface area (Å²) >= 11 is 0. The molecule has 13 heteroatoms. The van der Waals surface area contributed by atoms with Crippen LogP contribution in [0.15, 0.2) is 82.8 Å². The number of aryl methyl sites for hydroxylation is 1. The van der Waals surface area contributed by atoms with Gasteiger partial charge in [-0.15, -0.1) is 0 Å². The van der Waals surface area contributed by atoms with Crippen molar-refractivity contribution >= 4 is 20.8 Å². The number of hydrogen-bond donors (Lipinski definition) is 1. The summed E-state index contributed by atoms with van der Waals surface area (Å²) in [6, 6.07) is 24.7. The Morgan fingerprint density at radius 3 is 1.34 bits per heavy atom. The van der Waals surface area contributed by atoms with E-state index in [0.29, 0.717) is 39.5 Å². The number of ether oxygens (including phenoxy) is 8. The molecule has 11 nitrogen and oxygen atoms in total. The summed E-state index contributed by atoms with van der Waals surface area (Å²) in [7, 11) is 0. The molecule has 0 aromatic heterocycles. The van der Waals surface area contributed by atoms with Crippen LogP contribution in [0.4, 0.5) is 0 Å². The third kappa shape index (κ3) is 13.2. The van der Waals surface area contributed by atoms with Crippen LogP contribution in [0.3, 0.4) is 0 Å². The Bertz CT molecular complexity index is 2040. The number of para-hydroxylation sites is 4. The molecule has 8 rings (SSSR count). The average molecular weight is 855 g/mol. The van der Waals surface area contributed by atoms with Crippen molar-refractivity contribution in [2.45, 2.75) is 131 Å². The Morgan fingerprint density at radius 2 is 0.887 bits per heavy atom.